The Kier molecular flexibility index (Phi) is 4.99. The summed E-state index contributed by atoms with van der Waals surface area (Å²) < 4.78 is 5.44. The van der Waals surface area contributed by atoms with Crippen LogP contribution in [0, 0.1) is 0 Å². The first kappa shape index (κ1) is 17.7. The average molecular weight is 346 g/mol. The molecule has 0 aliphatic carbocycles. The molecule has 136 valence electrons. The fourth-order valence-corrected chi connectivity index (χ4v) is 3.91. The van der Waals surface area contributed by atoms with Crippen LogP contribution < -0.4 is 4.74 Å². The molecule has 3 rings (SSSR count). The number of hydrogen-bond acceptors (Lipinski definition) is 4. The first-order chi connectivity index (χ1) is 11.9. The van der Waals surface area contributed by atoms with E-state index in [9.17, 15) is 14.7 Å². The molecule has 6 heteroatoms. The molecule has 2 heterocycles. The predicted octanol–water partition coefficient (Wildman–Crippen LogP) is 0.996. The molecule has 1 saturated heterocycles. The summed E-state index contributed by atoms with van der Waals surface area (Å²) >= 11 is 0. The zero-order valence-corrected chi connectivity index (χ0v) is 15.0. The van der Waals surface area contributed by atoms with Crippen LogP contribution in [0.4, 0.5) is 0 Å². The molecule has 0 aromatic heterocycles. The van der Waals surface area contributed by atoms with Crippen LogP contribution in [0.15, 0.2) is 18.2 Å². The van der Waals surface area contributed by atoms with Gasteiger partial charge in [0.05, 0.1) is 13.7 Å². The zero-order chi connectivity index (χ0) is 18.0. The predicted molar refractivity (Wildman–Crippen MR) is 93.4 cm³/mol. The fourth-order valence-electron chi connectivity index (χ4n) is 3.91. The third kappa shape index (κ3) is 3.49. The molecule has 0 spiro atoms. The summed E-state index contributed by atoms with van der Waals surface area (Å²) in [7, 11) is 1.66. The lowest BCUT2D eigenvalue weighted by Gasteiger charge is -2.40. The van der Waals surface area contributed by atoms with Crippen LogP contribution >= 0.6 is 0 Å². The maximum Gasteiger partial charge on any atom is 0.256 e. The van der Waals surface area contributed by atoms with E-state index in [2.05, 4.69) is 6.07 Å². The highest BCUT2D eigenvalue weighted by Crippen LogP contribution is 2.28. The maximum absolute atomic E-state index is 13.0. The minimum Gasteiger partial charge on any atom is -0.496 e. The monoisotopic (exact) mass is 346 g/mol. The summed E-state index contributed by atoms with van der Waals surface area (Å²) in [6.07, 6.45) is 2.49. The van der Waals surface area contributed by atoms with Crippen molar-refractivity contribution in [1.29, 1.82) is 0 Å². The molecule has 1 aromatic carbocycles. The van der Waals surface area contributed by atoms with Gasteiger partial charge in [0, 0.05) is 26.6 Å². The first-order valence-corrected chi connectivity index (χ1v) is 8.86. The lowest BCUT2D eigenvalue weighted by molar-refractivity contribution is -0.159. The Bertz CT molecular complexity index is 675. The van der Waals surface area contributed by atoms with Gasteiger partial charge < -0.3 is 19.6 Å². The number of β-amino-alcohol motifs (C(OH)–C–C–N with tert-alkyl or cyclic N) is 1. The summed E-state index contributed by atoms with van der Waals surface area (Å²) in [6, 6.07) is 5.98. The van der Waals surface area contributed by atoms with Gasteiger partial charge in [-0.25, -0.2) is 0 Å². The highest BCUT2D eigenvalue weighted by molar-refractivity contribution is 5.86. The molecule has 0 bridgehead atoms. The molecule has 1 fully saturated rings. The number of piperidine rings is 1. The Hall–Kier alpha value is -2.08. The van der Waals surface area contributed by atoms with Gasteiger partial charge in [0.15, 0.2) is 5.60 Å². The first-order valence-electron chi connectivity index (χ1n) is 8.86. The Labute approximate surface area is 148 Å². The number of rotatable bonds is 2. The van der Waals surface area contributed by atoms with Gasteiger partial charge >= 0.3 is 0 Å². The molecular formula is C19H26N2O4. The van der Waals surface area contributed by atoms with Gasteiger partial charge in [-0.3, -0.25) is 9.59 Å². The Morgan fingerprint density at radius 3 is 2.64 bits per heavy atom. The average Bonchev–Trinajstić information content (AvgIpc) is 2.83. The third-order valence-electron chi connectivity index (χ3n) is 5.33. The molecule has 25 heavy (non-hydrogen) atoms. The van der Waals surface area contributed by atoms with Crippen molar-refractivity contribution >= 4 is 11.8 Å². The van der Waals surface area contributed by atoms with Gasteiger partial charge in [0.1, 0.15) is 5.75 Å². The van der Waals surface area contributed by atoms with E-state index in [-0.39, 0.29) is 18.4 Å². The third-order valence-corrected chi connectivity index (χ3v) is 5.33. The highest BCUT2D eigenvalue weighted by atomic mass is 16.5. The van der Waals surface area contributed by atoms with Gasteiger partial charge in [-0.05, 0) is 42.9 Å². The molecule has 1 atom stereocenters. The quantitative estimate of drug-likeness (QED) is 0.867. The molecule has 0 radical (unpaired) electrons. The summed E-state index contributed by atoms with van der Waals surface area (Å²) in [5, 5.41) is 10.9. The largest absolute Gasteiger partial charge is 0.496 e. The second-order valence-corrected chi connectivity index (χ2v) is 6.97. The van der Waals surface area contributed by atoms with E-state index in [4.69, 9.17) is 4.74 Å². The van der Waals surface area contributed by atoms with Crippen molar-refractivity contribution in [2.45, 2.75) is 38.2 Å². The summed E-state index contributed by atoms with van der Waals surface area (Å²) in [5.41, 5.74) is 0.863. The smallest absolute Gasteiger partial charge is 0.256 e. The second kappa shape index (κ2) is 7.04. The number of benzene rings is 1. The summed E-state index contributed by atoms with van der Waals surface area (Å²) in [5.74, 6) is 0.495. The van der Waals surface area contributed by atoms with E-state index in [1.54, 1.807) is 16.9 Å². The van der Waals surface area contributed by atoms with Crippen molar-refractivity contribution in [3.05, 3.63) is 29.3 Å². The standard InChI is InChI=1S/C19H26N2O4/c1-14(22)21-10-4-9-19(24,13-21)18(23)20-11-7-15-5-3-6-17(25-2)16(15)8-12-20/h3,5-6,24H,4,7-13H2,1-2H3. The molecule has 1 N–H and O–H groups in total. The van der Waals surface area contributed by atoms with Gasteiger partial charge in [-0.1, -0.05) is 12.1 Å². The molecule has 2 aliphatic rings. The SMILES string of the molecule is COc1cccc2c1CCN(C(=O)C1(O)CCCN(C(C)=O)C1)CC2. The van der Waals surface area contributed by atoms with Crippen molar-refractivity contribution in [2.24, 2.45) is 0 Å². The van der Waals surface area contributed by atoms with Crippen molar-refractivity contribution in [1.82, 2.24) is 9.80 Å². The van der Waals surface area contributed by atoms with E-state index in [0.717, 1.165) is 17.7 Å². The lowest BCUT2D eigenvalue weighted by Crippen LogP contribution is -2.59. The van der Waals surface area contributed by atoms with Crippen molar-refractivity contribution < 1.29 is 19.4 Å². The van der Waals surface area contributed by atoms with Crippen LogP contribution in [0.25, 0.3) is 0 Å². The summed E-state index contributed by atoms with van der Waals surface area (Å²) in [6.45, 7) is 3.29. The van der Waals surface area contributed by atoms with Crippen LogP contribution in [-0.4, -0.2) is 65.6 Å². The Morgan fingerprint density at radius 1 is 1.16 bits per heavy atom. The van der Waals surface area contributed by atoms with Crippen molar-refractivity contribution in [3.63, 3.8) is 0 Å². The number of nitrogens with zero attached hydrogens (tertiary/aromatic N) is 2. The number of methoxy groups -OCH3 is 1. The topological polar surface area (TPSA) is 70.1 Å². The molecule has 1 aromatic rings. The Balaban J connectivity index is 1.75. The van der Waals surface area contributed by atoms with Gasteiger partial charge in [-0.15, -0.1) is 0 Å². The van der Waals surface area contributed by atoms with Crippen LogP contribution in [-0.2, 0) is 22.4 Å². The molecule has 6 nitrogen and oxygen atoms in total. The van der Waals surface area contributed by atoms with Gasteiger partial charge in [-0.2, -0.15) is 0 Å². The number of likely N-dealkylation sites (tertiary alicyclic amines) is 1. The number of aliphatic hydroxyl groups is 1. The minimum atomic E-state index is -1.47. The van der Waals surface area contributed by atoms with E-state index in [1.165, 1.54) is 12.5 Å². The number of fused-ring (bicyclic) bond motifs is 1. The van der Waals surface area contributed by atoms with Crippen LogP contribution in [0.3, 0.4) is 0 Å². The molecule has 2 aliphatic heterocycles. The maximum atomic E-state index is 13.0. The lowest BCUT2D eigenvalue weighted by atomic mass is 9.91. The number of ether oxygens (including phenoxy) is 1. The van der Waals surface area contributed by atoms with Crippen molar-refractivity contribution in [2.75, 3.05) is 33.3 Å². The van der Waals surface area contributed by atoms with E-state index in [1.807, 2.05) is 12.1 Å². The Morgan fingerprint density at radius 2 is 1.92 bits per heavy atom. The second-order valence-electron chi connectivity index (χ2n) is 6.97. The van der Waals surface area contributed by atoms with E-state index < -0.39 is 5.60 Å². The number of carbonyl (C=O) groups excluding carboxylic acids is 2. The molecule has 0 saturated carbocycles. The summed E-state index contributed by atoms with van der Waals surface area (Å²) in [4.78, 5) is 27.9. The number of carbonyl (C=O) groups is 2. The molecule has 2 amide bonds. The normalized spacial score (nSPS) is 23.6. The van der Waals surface area contributed by atoms with E-state index in [0.29, 0.717) is 38.9 Å². The van der Waals surface area contributed by atoms with E-state index >= 15 is 0 Å². The molecular weight excluding hydrogens is 320 g/mol. The van der Waals surface area contributed by atoms with Crippen LogP contribution in [0.1, 0.15) is 30.9 Å². The highest BCUT2D eigenvalue weighted by Gasteiger charge is 2.43. The molecule has 1 unspecified atom stereocenters. The van der Waals surface area contributed by atoms with Gasteiger partial charge in [0.25, 0.3) is 5.91 Å². The van der Waals surface area contributed by atoms with Gasteiger partial charge in [0.2, 0.25) is 5.91 Å². The van der Waals surface area contributed by atoms with Crippen LogP contribution in [0.5, 0.6) is 5.75 Å². The number of hydrogen-bond donors (Lipinski definition) is 1. The fraction of sp³-hybridized carbons (Fsp3) is 0.579. The minimum absolute atomic E-state index is 0.0912. The zero-order valence-electron chi connectivity index (χ0n) is 15.0. The van der Waals surface area contributed by atoms with Crippen molar-refractivity contribution in [3.8, 4) is 5.75 Å². The number of amides is 2. The van der Waals surface area contributed by atoms with Crippen LogP contribution in [0.2, 0.25) is 0 Å².